The molecule has 0 saturated heterocycles. The van der Waals surface area contributed by atoms with Crippen LogP contribution in [-0.2, 0) is 19.0 Å². The van der Waals surface area contributed by atoms with Gasteiger partial charge in [-0.15, -0.1) is 0 Å². The first kappa shape index (κ1) is 20.4. The second kappa shape index (κ2) is 7.98. The van der Waals surface area contributed by atoms with E-state index in [0.29, 0.717) is 0 Å². The molecule has 1 aromatic carbocycles. The van der Waals surface area contributed by atoms with Gasteiger partial charge in [-0.3, -0.25) is 4.18 Å². The van der Waals surface area contributed by atoms with Gasteiger partial charge in [0.25, 0.3) is 10.1 Å². The number of hydrogen-bond donors (Lipinski definition) is 1. The molecule has 0 radical (unpaired) electrons. The van der Waals surface area contributed by atoms with Gasteiger partial charge in [-0.05, 0) is 45.7 Å². The fourth-order valence-electron chi connectivity index (χ4n) is 1.80. The summed E-state index contributed by atoms with van der Waals surface area (Å²) in [5, 5.41) is 2.66. The van der Waals surface area contributed by atoms with Gasteiger partial charge in [0.15, 0.2) is 0 Å². The highest BCUT2D eigenvalue weighted by Crippen LogP contribution is 2.15. The van der Waals surface area contributed by atoms with Gasteiger partial charge in [-0.2, -0.15) is 8.42 Å². The lowest BCUT2D eigenvalue weighted by Crippen LogP contribution is -2.44. The number of amides is 1. The Kier molecular flexibility index (Phi) is 6.80. The van der Waals surface area contributed by atoms with E-state index in [1.54, 1.807) is 32.9 Å². The van der Waals surface area contributed by atoms with Crippen molar-refractivity contribution in [2.45, 2.75) is 58.1 Å². The molecule has 1 amide bonds. The molecule has 136 valence electrons. The lowest BCUT2D eigenvalue weighted by Gasteiger charge is -2.25. The van der Waals surface area contributed by atoms with Crippen LogP contribution in [-0.4, -0.2) is 32.8 Å². The number of nitrogens with one attached hydrogen (secondary N) is 1. The van der Waals surface area contributed by atoms with Crippen molar-refractivity contribution in [3.8, 4) is 0 Å². The highest BCUT2D eigenvalue weighted by molar-refractivity contribution is 7.86. The van der Waals surface area contributed by atoms with E-state index >= 15 is 0 Å². The zero-order valence-corrected chi connectivity index (χ0v) is 15.9. The number of aryl methyl sites for hydroxylation is 1. The van der Waals surface area contributed by atoms with Crippen LogP contribution in [0.25, 0.3) is 0 Å². The molecule has 0 heterocycles. The van der Waals surface area contributed by atoms with E-state index < -0.39 is 27.9 Å². The first-order valence-corrected chi connectivity index (χ1v) is 9.27. The van der Waals surface area contributed by atoms with Crippen LogP contribution in [0.1, 0.15) is 40.2 Å². The topological polar surface area (TPSA) is 81.7 Å². The van der Waals surface area contributed by atoms with E-state index in [0.717, 1.165) is 5.56 Å². The third-order valence-corrected chi connectivity index (χ3v) is 4.52. The summed E-state index contributed by atoms with van der Waals surface area (Å²) in [6.07, 6.45) is -0.600. The molecule has 0 bridgehead atoms. The highest BCUT2D eigenvalue weighted by atomic mass is 32.2. The lowest BCUT2D eigenvalue weighted by molar-refractivity contribution is 0.0469. The molecule has 1 aromatic rings. The number of rotatable bonds is 6. The van der Waals surface area contributed by atoms with Crippen LogP contribution < -0.4 is 5.32 Å². The molecule has 6 nitrogen and oxygen atoms in total. The molecule has 0 spiro atoms. The number of hydrogen-bond acceptors (Lipinski definition) is 5. The SMILES string of the molecule is Cc1ccc(S(=O)(=O)OC[C@@H](NC(=O)OC(C)(C)C)C(C)C)cc1. The number of alkyl carbamates (subject to hydrolysis) is 1. The predicted octanol–water partition coefficient (Wildman–Crippen LogP) is 3.25. The average Bonchev–Trinajstić information content (AvgIpc) is 2.41. The van der Waals surface area contributed by atoms with Crippen molar-refractivity contribution in [2.24, 2.45) is 5.92 Å². The minimum absolute atomic E-state index is 0.0225. The zero-order chi connectivity index (χ0) is 18.5. The predicted molar refractivity (Wildman–Crippen MR) is 92.3 cm³/mol. The summed E-state index contributed by atoms with van der Waals surface area (Å²) in [4.78, 5) is 12.0. The van der Waals surface area contributed by atoms with Crippen LogP contribution in [0, 0.1) is 12.8 Å². The van der Waals surface area contributed by atoms with Gasteiger partial charge in [0.2, 0.25) is 0 Å². The third-order valence-electron chi connectivity index (χ3n) is 3.22. The van der Waals surface area contributed by atoms with Crippen LogP contribution in [0.3, 0.4) is 0 Å². The summed E-state index contributed by atoms with van der Waals surface area (Å²) in [6.45, 7) is 10.7. The maximum atomic E-state index is 12.2. The molecule has 0 aromatic heterocycles. The lowest BCUT2D eigenvalue weighted by atomic mass is 10.1. The number of carbonyl (C=O) groups excluding carboxylic acids is 1. The molecule has 0 aliphatic heterocycles. The number of benzene rings is 1. The Labute approximate surface area is 144 Å². The van der Waals surface area contributed by atoms with Gasteiger partial charge in [-0.25, -0.2) is 4.79 Å². The van der Waals surface area contributed by atoms with Gasteiger partial charge in [-0.1, -0.05) is 31.5 Å². The molecule has 0 unspecified atom stereocenters. The molecular weight excluding hydrogens is 330 g/mol. The Morgan fingerprint density at radius 2 is 1.71 bits per heavy atom. The molecule has 0 saturated carbocycles. The van der Waals surface area contributed by atoms with Crippen LogP contribution in [0.15, 0.2) is 29.2 Å². The van der Waals surface area contributed by atoms with E-state index in [1.807, 2.05) is 20.8 Å². The van der Waals surface area contributed by atoms with Crippen LogP contribution >= 0.6 is 0 Å². The maximum Gasteiger partial charge on any atom is 0.407 e. The van der Waals surface area contributed by atoms with Gasteiger partial charge >= 0.3 is 6.09 Å². The zero-order valence-electron chi connectivity index (χ0n) is 15.1. The van der Waals surface area contributed by atoms with Gasteiger partial charge in [0.1, 0.15) is 5.60 Å². The monoisotopic (exact) mass is 357 g/mol. The molecule has 7 heteroatoms. The first-order chi connectivity index (χ1) is 10.9. The first-order valence-electron chi connectivity index (χ1n) is 7.86. The average molecular weight is 357 g/mol. The Bertz CT molecular complexity index is 645. The van der Waals surface area contributed by atoms with Crippen molar-refractivity contribution in [1.29, 1.82) is 0 Å². The second-order valence-electron chi connectivity index (χ2n) is 7.05. The summed E-state index contributed by atoms with van der Waals surface area (Å²) < 4.78 is 34.7. The standard InChI is InChI=1S/C17H27NO5S/c1-12(2)15(18-16(19)23-17(4,5)6)11-22-24(20,21)14-9-7-13(3)8-10-14/h7-10,12,15H,11H2,1-6H3,(H,18,19)/t15-/m1/s1. The summed E-state index contributed by atoms with van der Waals surface area (Å²) in [5.74, 6) is -0.0225. The van der Waals surface area contributed by atoms with Gasteiger partial charge in [0.05, 0.1) is 17.5 Å². The van der Waals surface area contributed by atoms with Crippen molar-refractivity contribution in [3.63, 3.8) is 0 Å². The quantitative estimate of drug-likeness (QED) is 0.790. The molecule has 0 aliphatic rings. The Hall–Kier alpha value is -1.60. The fourth-order valence-corrected chi connectivity index (χ4v) is 2.73. The molecule has 1 rings (SSSR count). The van der Waals surface area contributed by atoms with E-state index in [-0.39, 0.29) is 17.4 Å². The molecule has 0 fully saturated rings. The van der Waals surface area contributed by atoms with Crippen LogP contribution in [0.2, 0.25) is 0 Å². The van der Waals surface area contributed by atoms with E-state index in [1.165, 1.54) is 12.1 Å². The van der Waals surface area contributed by atoms with Crippen molar-refractivity contribution < 1.29 is 22.1 Å². The molecule has 24 heavy (non-hydrogen) atoms. The summed E-state index contributed by atoms with van der Waals surface area (Å²) in [7, 11) is -3.87. The minimum atomic E-state index is -3.87. The van der Waals surface area contributed by atoms with E-state index in [9.17, 15) is 13.2 Å². The molecule has 1 N–H and O–H groups in total. The Balaban J connectivity index is 2.72. The van der Waals surface area contributed by atoms with Gasteiger partial charge in [0, 0.05) is 0 Å². The van der Waals surface area contributed by atoms with Crippen molar-refractivity contribution >= 4 is 16.2 Å². The second-order valence-corrected chi connectivity index (χ2v) is 8.66. The van der Waals surface area contributed by atoms with E-state index in [2.05, 4.69) is 5.32 Å². The fraction of sp³-hybridized carbons (Fsp3) is 0.588. The van der Waals surface area contributed by atoms with Crippen LogP contribution in [0.5, 0.6) is 0 Å². The van der Waals surface area contributed by atoms with Crippen LogP contribution in [0.4, 0.5) is 4.79 Å². The van der Waals surface area contributed by atoms with Gasteiger partial charge < -0.3 is 10.1 Å². The van der Waals surface area contributed by atoms with E-state index in [4.69, 9.17) is 8.92 Å². The molecular formula is C17H27NO5S. The van der Waals surface area contributed by atoms with Crippen molar-refractivity contribution in [1.82, 2.24) is 5.32 Å². The summed E-state index contributed by atoms with van der Waals surface area (Å²) in [5.41, 5.74) is 0.334. The van der Waals surface area contributed by atoms with Crippen molar-refractivity contribution in [3.05, 3.63) is 29.8 Å². The number of carbonyl (C=O) groups is 1. The minimum Gasteiger partial charge on any atom is -0.444 e. The smallest absolute Gasteiger partial charge is 0.407 e. The number of ether oxygens (including phenoxy) is 1. The molecule has 0 aliphatic carbocycles. The third kappa shape index (κ3) is 6.88. The Morgan fingerprint density at radius 1 is 1.17 bits per heavy atom. The molecule has 1 atom stereocenters. The summed E-state index contributed by atoms with van der Waals surface area (Å²) >= 11 is 0. The summed E-state index contributed by atoms with van der Waals surface area (Å²) in [6, 6.07) is 5.91. The van der Waals surface area contributed by atoms with Crippen molar-refractivity contribution in [2.75, 3.05) is 6.61 Å². The normalized spacial score (nSPS) is 13.6. The Morgan fingerprint density at radius 3 is 2.17 bits per heavy atom. The highest BCUT2D eigenvalue weighted by Gasteiger charge is 2.24. The largest absolute Gasteiger partial charge is 0.444 e. The maximum absolute atomic E-state index is 12.2.